The first-order valence-corrected chi connectivity index (χ1v) is 9.15. The Morgan fingerprint density at radius 2 is 1.79 bits per heavy atom. The lowest BCUT2D eigenvalue weighted by molar-refractivity contribution is -0.124. The summed E-state index contributed by atoms with van der Waals surface area (Å²) in [4.78, 5) is 23.9. The van der Waals surface area contributed by atoms with Gasteiger partial charge in [0.15, 0.2) is 5.69 Å². The standard InChI is InChI=1S/C21H22N4O3/c1-2-12-25-17-11-7-6-10-16(17)20(21(25)28)24-23-19(27)14-22-18(26)13-15-8-4-3-5-9-15/h3-11,28H,2,12-14H2,1H3,(H,22,26). The van der Waals surface area contributed by atoms with Gasteiger partial charge >= 0.3 is 0 Å². The first-order chi connectivity index (χ1) is 13.6. The minimum Gasteiger partial charge on any atom is -0.493 e. The minimum absolute atomic E-state index is 0.0206. The zero-order valence-electron chi connectivity index (χ0n) is 15.6. The van der Waals surface area contributed by atoms with Crippen LogP contribution in [0.15, 0.2) is 64.8 Å². The Morgan fingerprint density at radius 3 is 2.54 bits per heavy atom. The van der Waals surface area contributed by atoms with E-state index in [0.29, 0.717) is 6.54 Å². The lowest BCUT2D eigenvalue weighted by atomic mass is 10.1. The van der Waals surface area contributed by atoms with E-state index < -0.39 is 5.91 Å². The highest BCUT2D eigenvalue weighted by atomic mass is 16.3. The molecule has 7 heteroatoms. The van der Waals surface area contributed by atoms with Gasteiger partial charge in [-0.05, 0) is 18.1 Å². The third-order valence-corrected chi connectivity index (χ3v) is 4.27. The lowest BCUT2D eigenvalue weighted by Gasteiger charge is -2.03. The maximum atomic E-state index is 12.0. The smallest absolute Gasteiger partial charge is 0.283 e. The van der Waals surface area contributed by atoms with Crippen LogP contribution in [0.4, 0.5) is 5.69 Å². The molecule has 0 unspecified atom stereocenters. The van der Waals surface area contributed by atoms with E-state index in [1.54, 1.807) is 4.57 Å². The predicted octanol–water partition coefficient (Wildman–Crippen LogP) is 3.73. The van der Waals surface area contributed by atoms with Gasteiger partial charge in [0.25, 0.3) is 5.91 Å². The van der Waals surface area contributed by atoms with Gasteiger partial charge in [-0.2, -0.15) is 0 Å². The first kappa shape index (κ1) is 19.3. The molecule has 0 saturated heterocycles. The van der Waals surface area contributed by atoms with E-state index >= 15 is 0 Å². The molecule has 7 nitrogen and oxygen atoms in total. The Balaban J connectivity index is 1.66. The van der Waals surface area contributed by atoms with Crippen LogP contribution in [0.3, 0.4) is 0 Å². The van der Waals surface area contributed by atoms with Crippen LogP contribution in [0.25, 0.3) is 10.9 Å². The molecule has 0 saturated carbocycles. The zero-order valence-corrected chi connectivity index (χ0v) is 15.6. The SMILES string of the molecule is CCCn1c(O)c(N=NC(=O)CNC(=O)Cc2ccccc2)c2ccccc21. The number of hydrogen-bond donors (Lipinski definition) is 2. The summed E-state index contributed by atoms with van der Waals surface area (Å²) in [6.07, 6.45) is 1.03. The van der Waals surface area contributed by atoms with Crippen LogP contribution >= 0.6 is 0 Å². The molecule has 2 aromatic carbocycles. The summed E-state index contributed by atoms with van der Waals surface area (Å²) in [6.45, 7) is 2.39. The molecule has 3 rings (SSSR count). The molecule has 0 atom stereocenters. The molecule has 1 heterocycles. The third-order valence-electron chi connectivity index (χ3n) is 4.27. The number of aromatic nitrogens is 1. The second-order valence-electron chi connectivity index (χ2n) is 6.37. The largest absolute Gasteiger partial charge is 0.493 e. The fraction of sp³-hybridized carbons (Fsp3) is 0.238. The van der Waals surface area contributed by atoms with E-state index in [1.165, 1.54) is 0 Å². The van der Waals surface area contributed by atoms with Crippen LogP contribution in [-0.2, 0) is 22.6 Å². The van der Waals surface area contributed by atoms with Crippen molar-refractivity contribution >= 4 is 28.4 Å². The maximum absolute atomic E-state index is 12.0. The summed E-state index contributed by atoms with van der Waals surface area (Å²) in [7, 11) is 0. The number of azo groups is 1. The van der Waals surface area contributed by atoms with Crippen LogP contribution in [0.5, 0.6) is 5.88 Å². The van der Waals surface area contributed by atoms with Crippen molar-refractivity contribution in [1.82, 2.24) is 9.88 Å². The molecule has 144 valence electrons. The first-order valence-electron chi connectivity index (χ1n) is 9.15. The molecular weight excluding hydrogens is 356 g/mol. The molecule has 0 fully saturated rings. The minimum atomic E-state index is -0.590. The number of aryl methyl sites for hydroxylation is 1. The number of nitrogens with one attached hydrogen (secondary N) is 1. The van der Waals surface area contributed by atoms with Crippen molar-refractivity contribution in [3.63, 3.8) is 0 Å². The Labute approximate surface area is 162 Å². The molecule has 0 radical (unpaired) electrons. The molecule has 3 aromatic rings. The summed E-state index contributed by atoms with van der Waals surface area (Å²) in [5.41, 5.74) is 1.95. The van der Waals surface area contributed by atoms with Crippen molar-refractivity contribution in [3.8, 4) is 5.88 Å². The van der Waals surface area contributed by atoms with E-state index in [-0.39, 0.29) is 30.4 Å². The van der Waals surface area contributed by atoms with Crippen molar-refractivity contribution in [2.75, 3.05) is 6.54 Å². The second-order valence-corrected chi connectivity index (χ2v) is 6.37. The molecule has 28 heavy (non-hydrogen) atoms. The molecule has 2 N–H and O–H groups in total. The molecule has 1 aromatic heterocycles. The number of rotatable bonds is 7. The van der Waals surface area contributed by atoms with Crippen LogP contribution in [0.2, 0.25) is 0 Å². The summed E-state index contributed by atoms with van der Waals surface area (Å²) in [6, 6.07) is 16.7. The number of aromatic hydroxyl groups is 1. The Hall–Kier alpha value is -3.48. The van der Waals surface area contributed by atoms with Crippen molar-refractivity contribution in [3.05, 3.63) is 60.2 Å². The number of fused-ring (bicyclic) bond motifs is 1. The molecule has 0 bridgehead atoms. The van der Waals surface area contributed by atoms with Gasteiger partial charge in [0, 0.05) is 11.9 Å². The molecule has 0 aliphatic heterocycles. The van der Waals surface area contributed by atoms with E-state index in [4.69, 9.17) is 0 Å². The topological polar surface area (TPSA) is 96.0 Å². The Bertz CT molecular complexity index is 1010. The van der Waals surface area contributed by atoms with Gasteiger partial charge in [-0.25, -0.2) is 0 Å². The normalized spacial score (nSPS) is 11.2. The van der Waals surface area contributed by atoms with Crippen molar-refractivity contribution in [2.45, 2.75) is 26.3 Å². The molecular formula is C21H22N4O3. The monoisotopic (exact) mass is 378 g/mol. The fourth-order valence-electron chi connectivity index (χ4n) is 2.98. The number of para-hydroxylation sites is 1. The van der Waals surface area contributed by atoms with Crippen LogP contribution in [-0.4, -0.2) is 28.0 Å². The Morgan fingerprint density at radius 1 is 1.07 bits per heavy atom. The van der Waals surface area contributed by atoms with E-state index in [2.05, 4.69) is 15.5 Å². The number of carbonyl (C=O) groups is 2. The highest BCUT2D eigenvalue weighted by molar-refractivity contribution is 5.95. The highest BCUT2D eigenvalue weighted by Gasteiger charge is 2.16. The van der Waals surface area contributed by atoms with Gasteiger partial charge in [-0.1, -0.05) is 55.5 Å². The fourth-order valence-corrected chi connectivity index (χ4v) is 2.98. The van der Waals surface area contributed by atoms with Gasteiger partial charge in [-0.3, -0.25) is 9.59 Å². The number of hydrogen-bond acceptors (Lipinski definition) is 4. The summed E-state index contributed by atoms with van der Waals surface area (Å²) in [5.74, 6) is -0.877. The van der Waals surface area contributed by atoms with Crippen molar-refractivity contribution < 1.29 is 14.7 Å². The second kappa shape index (κ2) is 8.94. The van der Waals surface area contributed by atoms with Crippen molar-refractivity contribution in [1.29, 1.82) is 0 Å². The van der Waals surface area contributed by atoms with Crippen molar-refractivity contribution in [2.24, 2.45) is 10.2 Å². The number of benzene rings is 2. The Kier molecular flexibility index (Phi) is 6.16. The zero-order chi connectivity index (χ0) is 19.9. The van der Waals surface area contributed by atoms with Gasteiger partial charge in [0.05, 0.1) is 11.9 Å². The van der Waals surface area contributed by atoms with Crippen LogP contribution < -0.4 is 5.32 Å². The molecule has 0 aliphatic carbocycles. The summed E-state index contributed by atoms with van der Waals surface area (Å²) < 4.78 is 1.75. The van der Waals surface area contributed by atoms with Gasteiger partial charge in [0.1, 0.15) is 6.54 Å². The van der Waals surface area contributed by atoms with E-state index in [9.17, 15) is 14.7 Å². The van der Waals surface area contributed by atoms with E-state index in [1.807, 2.05) is 61.5 Å². The number of amides is 2. The maximum Gasteiger partial charge on any atom is 0.283 e. The quantitative estimate of drug-likeness (QED) is 0.613. The third kappa shape index (κ3) is 4.43. The molecule has 0 spiro atoms. The predicted molar refractivity (Wildman–Crippen MR) is 107 cm³/mol. The van der Waals surface area contributed by atoms with Gasteiger partial charge in [0.2, 0.25) is 11.8 Å². The summed E-state index contributed by atoms with van der Waals surface area (Å²) >= 11 is 0. The highest BCUT2D eigenvalue weighted by Crippen LogP contribution is 2.38. The molecule has 0 aliphatic rings. The number of carbonyl (C=O) groups excluding carboxylic acids is 2. The van der Waals surface area contributed by atoms with Gasteiger partial charge < -0.3 is 15.0 Å². The summed E-state index contributed by atoms with van der Waals surface area (Å²) in [5, 5.41) is 21.3. The lowest BCUT2D eigenvalue weighted by Crippen LogP contribution is -2.29. The average molecular weight is 378 g/mol. The number of nitrogens with zero attached hydrogens (tertiary/aromatic N) is 3. The van der Waals surface area contributed by atoms with Gasteiger partial charge in [-0.15, -0.1) is 10.2 Å². The average Bonchev–Trinajstić information content (AvgIpc) is 2.97. The van der Waals surface area contributed by atoms with E-state index in [0.717, 1.165) is 22.9 Å². The van der Waals surface area contributed by atoms with Crippen LogP contribution in [0.1, 0.15) is 18.9 Å². The molecule has 2 amide bonds. The van der Waals surface area contributed by atoms with Crippen LogP contribution in [0, 0.1) is 0 Å².